The molecular formula is C27H25ClFNO4. The van der Waals surface area contributed by atoms with E-state index in [0.717, 1.165) is 36.5 Å². The first kappa shape index (κ1) is 22.6. The van der Waals surface area contributed by atoms with Gasteiger partial charge in [0.15, 0.2) is 6.10 Å². The third-order valence-electron chi connectivity index (χ3n) is 6.21. The summed E-state index contributed by atoms with van der Waals surface area (Å²) < 4.78 is 24.8. The Labute approximate surface area is 202 Å². The van der Waals surface area contributed by atoms with E-state index in [4.69, 9.17) is 21.1 Å². The Morgan fingerprint density at radius 2 is 1.76 bits per heavy atom. The van der Waals surface area contributed by atoms with Gasteiger partial charge < -0.3 is 19.7 Å². The van der Waals surface area contributed by atoms with Gasteiger partial charge in [0.05, 0.1) is 11.7 Å². The average Bonchev–Trinajstić information content (AvgIpc) is 2.81. The van der Waals surface area contributed by atoms with Crippen molar-refractivity contribution in [2.45, 2.75) is 6.10 Å². The monoisotopic (exact) mass is 481 g/mol. The summed E-state index contributed by atoms with van der Waals surface area (Å²) >= 11 is 6.84. The highest BCUT2D eigenvalue weighted by Crippen LogP contribution is 2.49. The SMILES string of the molecule is Oc1cccc(C2=C(Cl)c3cc(O)ccc3OC2c2ccc(OCCN3CC(CF)C3)cc2)c1. The molecule has 0 spiro atoms. The van der Waals surface area contributed by atoms with E-state index in [1.54, 1.807) is 36.4 Å². The van der Waals surface area contributed by atoms with Gasteiger partial charge in [-0.1, -0.05) is 35.9 Å². The minimum atomic E-state index is -0.515. The molecule has 0 aromatic heterocycles. The molecule has 1 unspecified atom stereocenters. The lowest BCUT2D eigenvalue weighted by molar-refractivity contribution is 0.0668. The van der Waals surface area contributed by atoms with Crippen molar-refractivity contribution in [2.24, 2.45) is 5.92 Å². The third-order valence-corrected chi connectivity index (χ3v) is 6.62. The molecular weight excluding hydrogens is 457 g/mol. The second-order valence-electron chi connectivity index (χ2n) is 8.65. The number of rotatable bonds is 7. The molecule has 5 rings (SSSR count). The van der Waals surface area contributed by atoms with Crippen LogP contribution in [0.25, 0.3) is 10.6 Å². The second-order valence-corrected chi connectivity index (χ2v) is 9.03. The van der Waals surface area contributed by atoms with Crippen molar-refractivity contribution in [3.8, 4) is 23.0 Å². The molecule has 2 N–H and O–H groups in total. The molecule has 7 heteroatoms. The molecule has 2 aliphatic rings. The maximum absolute atomic E-state index is 12.6. The molecule has 0 bridgehead atoms. The van der Waals surface area contributed by atoms with Gasteiger partial charge in [0.25, 0.3) is 0 Å². The lowest BCUT2D eigenvalue weighted by Crippen LogP contribution is -2.49. The number of aromatic hydroxyl groups is 2. The smallest absolute Gasteiger partial charge is 0.151 e. The Balaban J connectivity index is 1.38. The summed E-state index contributed by atoms with van der Waals surface area (Å²) in [6, 6.07) is 19.3. The van der Waals surface area contributed by atoms with Gasteiger partial charge in [0.2, 0.25) is 0 Å². The lowest BCUT2D eigenvalue weighted by Gasteiger charge is -2.37. The maximum atomic E-state index is 12.6. The zero-order valence-corrected chi connectivity index (χ0v) is 19.2. The van der Waals surface area contributed by atoms with Gasteiger partial charge >= 0.3 is 0 Å². The summed E-state index contributed by atoms with van der Waals surface area (Å²) in [6.45, 7) is 2.64. The Morgan fingerprint density at radius 3 is 2.50 bits per heavy atom. The number of phenols is 2. The van der Waals surface area contributed by atoms with Crippen molar-refractivity contribution < 1.29 is 24.1 Å². The number of halogens is 2. The molecule has 0 radical (unpaired) electrons. The molecule has 0 amide bonds. The maximum Gasteiger partial charge on any atom is 0.151 e. The number of ether oxygens (including phenoxy) is 2. The number of phenolic OH excluding ortho intramolecular Hbond substituents is 2. The number of hydrogen-bond donors (Lipinski definition) is 2. The van der Waals surface area contributed by atoms with Crippen LogP contribution in [0.4, 0.5) is 4.39 Å². The molecule has 0 aliphatic carbocycles. The van der Waals surface area contributed by atoms with Crippen LogP contribution in [-0.4, -0.2) is 48.0 Å². The number of fused-ring (bicyclic) bond motifs is 1. The predicted octanol–water partition coefficient (Wildman–Crippen LogP) is 5.62. The third kappa shape index (κ3) is 4.56. The van der Waals surface area contributed by atoms with Crippen molar-refractivity contribution in [3.05, 3.63) is 83.4 Å². The van der Waals surface area contributed by atoms with Crippen LogP contribution in [-0.2, 0) is 0 Å². The van der Waals surface area contributed by atoms with E-state index in [0.29, 0.717) is 28.5 Å². The number of nitrogens with zero attached hydrogens (tertiary/aromatic N) is 1. The fraction of sp³-hybridized carbons (Fsp3) is 0.259. The van der Waals surface area contributed by atoms with Gasteiger partial charge in [-0.25, -0.2) is 0 Å². The molecule has 34 heavy (non-hydrogen) atoms. The van der Waals surface area contributed by atoms with Crippen molar-refractivity contribution >= 4 is 22.2 Å². The summed E-state index contributed by atoms with van der Waals surface area (Å²) in [7, 11) is 0. The van der Waals surface area contributed by atoms with Gasteiger partial charge in [-0.05, 0) is 53.6 Å². The Kier molecular flexibility index (Phi) is 6.35. The minimum Gasteiger partial charge on any atom is -0.508 e. The van der Waals surface area contributed by atoms with Gasteiger partial charge in [-0.3, -0.25) is 9.29 Å². The van der Waals surface area contributed by atoms with Gasteiger partial charge in [-0.2, -0.15) is 0 Å². The van der Waals surface area contributed by atoms with Gasteiger partial charge in [-0.15, -0.1) is 0 Å². The Morgan fingerprint density at radius 1 is 1.00 bits per heavy atom. The van der Waals surface area contributed by atoms with Crippen LogP contribution in [0.3, 0.4) is 0 Å². The lowest BCUT2D eigenvalue weighted by atomic mass is 9.90. The van der Waals surface area contributed by atoms with E-state index in [1.165, 1.54) is 0 Å². The molecule has 3 aromatic carbocycles. The van der Waals surface area contributed by atoms with Crippen LogP contribution in [0.1, 0.15) is 22.8 Å². The number of alkyl halides is 1. The molecule has 176 valence electrons. The summed E-state index contributed by atoms with van der Waals surface area (Å²) in [6.07, 6.45) is -0.515. The van der Waals surface area contributed by atoms with Crippen LogP contribution in [0, 0.1) is 5.92 Å². The first-order chi connectivity index (χ1) is 16.5. The second kappa shape index (κ2) is 9.57. The molecule has 1 atom stereocenters. The largest absolute Gasteiger partial charge is 0.508 e. The number of benzene rings is 3. The standard InChI is InChI=1S/C27H25ClFNO4/c28-26-23-13-21(32)6-9-24(23)34-27(25(26)19-2-1-3-20(31)12-19)18-4-7-22(8-5-18)33-11-10-30-15-17(14-29)16-30/h1-9,12-13,17,27,31-32H,10-11,14-16H2. The minimum absolute atomic E-state index is 0.0918. The van der Waals surface area contributed by atoms with E-state index in [1.807, 2.05) is 30.3 Å². The highest BCUT2D eigenvalue weighted by molar-refractivity contribution is 6.53. The first-order valence-electron chi connectivity index (χ1n) is 11.2. The molecule has 2 aliphatic heterocycles. The average molecular weight is 482 g/mol. The van der Waals surface area contributed by atoms with E-state index in [-0.39, 0.29) is 24.1 Å². The van der Waals surface area contributed by atoms with E-state index < -0.39 is 6.10 Å². The quantitative estimate of drug-likeness (QED) is 0.458. The van der Waals surface area contributed by atoms with E-state index in [9.17, 15) is 14.6 Å². The molecule has 2 heterocycles. The Bertz CT molecular complexity index is 1210. The number of likely N-dealkylation sites (tertiary alicyclic amines) is 1. The van der Waals surface area contributed by atoms with Crippen LogP contribution in [0.15, 0.2) is 66.7 Å². The molecule has 1 fully saturated rings. The first-order valence-corrected chi connectivity index (χ1v) is 11.6. The zero-order valence-electron chi connectivity index (χ0n) is 18.5. The summed E-state index contributed by atoms with van der Waals surface area (Å²) in [4.78, 5) is 2.18. The van der Waals surface area contributed by atoms with E-state index in [2.05, 4.69) is 4.90 Å². The number of hydrogen-bond acceptors (Lipinski definition) is 5. The summed E-state index contributed by atoms with van der Waals surface area (Å²) in [5, 5.41) is 20.5. The topological polar surface area (TPSA) is 62.2 Å². The van der Waals surface area contributed by atoms with Gasteiger partial charge in [0.1, 0.15) is 29.6 Å². The highest BCUT2D eigenvalue weighted by Gasteiger charge is 2.31. The van der Waals surface area contributed by atoms with E-state index >= 15 is 0 Å². The fourth-order valence-electron chi connectivity index (χ4n) is 4.41. The van der Waals surface area contributed by atoms with Crippen molar-refractivity contribution in [1.29, 1.82) is 0 Å². The van der Waals surface area contributed by atoms with Crippen LogP contribution < -0.4 is 9.47 Å². The highest BCUT2D eigenvalue weighted by atomic mass is 35.5. The normalized spacial score (nSPS) is 18.2. The van der Waals surface area contributed by atoms with Crippen molar-refractivity contribution in [1.82, 2.24) is 4.90 Å². The van der Waals surface area contributed by atoms with Crippen LogP contribution >= 0.6 is 11.6 Å². The molecule has 0 saturated carbocycles. The molecule has 1 saturated heterocycles. The molecule has 5 nitrogen and oxygen atoms in total. The zero-order chi connectivity index (χ0) is 23.7. The fourth-order valence-corrected chi connectivity index (χ4v) is 4.77. The van der Waals surface area contributed by atoms with Crippen molar-refractivity contribution in [3.63, 3.8) is 0 Å². The summed E-state index contributed by atoms with van der Waals surface area (Å²) in [5.41, 5.74) is 2.89. The predicted molar refractivity (Wildman–Crippen MR) is 130 cm³/mol. The van der Waals surface area contributed by atoms with Gasteiger partial charge in [0, 0.05) is 36.7 Å². The Hall–Kier alpha value is -3.22. The molecule has 3 aromatic rings. The van der Waals surface area contributed by atoms with Crippen molar-refractivity contribution in [2.75, 3.05) is 32.9 Å². The van der Waals surface area contributed by atoms with Crippen LogP contribution in [0.5, 0.6) is 23.0 Å². The summed E-state index contributed by atoms with van der Waals surface area (Å²) in [5.74, 6) is 1.69. The van der Waals surface area contributed by atoms with Crippen LogP contribution in [0.2, 0.25) is 0 Å².